The van der Waals surface area contributed by atoms with E-state index in [2.05, 4.69) is 15.3 Å². The Hall–Kier alpha value is -2.22. The molecule has 0 aliphatic carbocycles. The maximum atomic E-state index is 12.9. The van der Waals surface area contributed by atoms with Crippen LogP contribution in [0, 0.1) is 0 Å². The van der Waals surface area contributed by atoms with E-state index in [1.165, 1.54) is 30.6 Å². The summed E-state index contributed by atoms with van der Waals surface area (Å²) in [6, 6.07) is 5.31. The van der Waals surface area contributed by atoms with Gasteiger partial charge in [0, 0.05) is 18.9 Å². The van der Waals surface area contributed by atoms with Crippen molar-refractivity contribution in [1.82, 2.24) is 9.97 Å². The lowest BCUT2D eigenvalue weighted by molar-refractivity contribution is -0.138. The molecule has 0 spiro atoms. The van der Waals surface area contributed by atoms with Crippen molar-refractivity contribution in [3.63, 3.8) is 0 Å². The van der Waals surface area contributed by atoms with Gasteiger partial charge in [0.15, 0.2) is 5.82 Å². The Balaban J connectivity index is 2.24. The van der Waals surface area contributed by atoms with E-state index >= 15 is 0 Å². The van der Waals surface area contributed by atoms with Crippen LogP contribution in [0.1, 0.15) is 16.8 Å². The van der Waals surface area contributed by atoms with Crippen molar-refractivity contribution < 1.29 is 13.2 Å². The molecule has 8 heteroatoms. The summed E-state index contributed by atoms with van der Waals surface area (Å²) in [6.07, 6.45) is -1.60. The molecule has 0 bridgehead atoms. The van der Waals surface area contributed by atoms with Gasteiger partial charge in [0.2, 0.25) is 0 Å². The van der Waals surface area contributed by atoms with E-state index in [1.54, 1.807) is 0 Å². The smallest absolute Gasteiger partial charge is 0.388 e. The fraction of sp³-hybridized carbons (Fsp3) is 0.154. The third-order valence-corrected chi connectivity index (χ3v) is 2.89. The summed E-state index contributed by atoms with van der Waals surface area (Å²) in [5.74, 6) is 0.252. The van der Waals surface area contributed by atoms with Gasteiger partial charge in [-0.2, -0.15) is 13.2 Å². The predicted molar refractivity (Wildman–Crippen MR) is 76.7 cm³/mol. The second kappa shape index (κ2) is 6.04. The van der Waals surface area contributed by atoms with Crippen LogP contribution in [0.15, 0.2) is 36.7 Å². The third kappa shape index (κ3) is 3.66. The van der Waals surface area contributed by atoms with Gasteiger partial charge < -0.3 is 11.1 Å². The molecule has 0 aliphatic rings. The Kier molecular flexibility index (Phi) is 4.37. The molecule has 2 aromatic rings. The van der Waals surface area contributed by atoms with Crippen LogP contribution >= 0.6 is 12.2 Å². The molecule has 1 aromatic heterocycles. The molecular formula is C13H11F3N4S. The number of nitrogens with two attached hydrogens (primary N) is 1. The number of aromatic nitrogens is 2. The van der Waals surface area contributed by atoms with Crippen molar-refractivity contribution in [2.24, 2.45) is 5.73 Å². The second-order valence-corrected chi connectivity index (χ2v) is 4.57. The zero-order chi connectivity index (χ0) is 15.5. The first-order chi connectivity index (χ1) is 9.89. The first-order valence-electron chi connectivity index (χ1n) is 5.89. The van der Waals surface area contributed by atoms with Crippen molar-refractivity contribution in [3.05, 3.63) is 53.5 Å². The lowest BCUT2D eigenvalue weighted by Crippen LogP contribution is -2.17. The molecule has 1 heterocycles. The Labute approximate surface area is 124 Å². The van der Waals surface area contributed by atoms with Crippen LogP contribution in [-0.2, 0) is 12.7 Å². The number of nitrogens with zero attached hydrogens (tertiary/aromatic N) is 2. The van der Waals surface area contributed by atoms with Gasteiger partial charge in [0.1, 0.15) is 10.7 Å². The van der Waals surface area contributed by atoms with Crippen molar-refractivity contribution in [2.75, 3.05) is 5.32 Å². The number of hydrogen-bond donors (Lipinski definition) is 2. The average molecular weight is 312 g/mol. The summed E-state index contributed by atoms with van der Waals surface area (Å²) >= 11 is 4.82. The summed E-state index contributed by atoms with van der Waals surface area (Å²) in [4.78, 5) is 7.96. The zero-order valence-electron chi connectivity index (χ0n) is 10.7. The number of halogens is 3. The number of benzene rings is 1. The SMILES string of the molecule is NC(=S)c1nccnc1NCc1ccccc1C(F)(F)F. The summed E-state index contributed by atoms with van der Waals surface area (Å²) < 4.78 is 38.7. The quantitative estimate of drug-likeness (QED) is 0.850. The van der Waals surface area contributed by atoms with E-state index in [0.717, 1.165) is 6.07 Å². The van der Waals surface area contributed by atoms with Gasteiger partial charge in [-0.25, -0.2) is 9.97 Å². The van der Waals surface area contributed by atoms with Gasteiger partial charge in [-0.1, -0.05) is 30.4 Å². The van der Waals surface area contributed by atoms with Crippen LogP contribution in [0.5, 0.6) is 0 Å². The number of nitrogens with one attached hydrogen (secondary N) is 1. The third-order valence-electron chi connectivity index (χ3n) is 2.70. The van der Waals surface area contributed by atoms with E-state index in [4.69, 9.17) is 18.0 Å². The highest BCUT2D eigenvalue weighted by molar-refractivity contribution is 7.80. The first-order valence-corrected chi connectivity index (χ1v) is 6.30. The van der Waals surface area contributed by atoms with Crippen LogP contribution in [0.4, 0.5) is 19.0 Å². The summed E-state index contributed by atoms with van der Waals surface area (Å²) in [7, 11) is 0. The van der Waals surface area contributed by atoms with Crippen LogP contribution < -0.4 is 11.1 Å². The van der Waals surface area contributed by atoms with Gasteiger partial charge in [0.05, 0.1) is 5.56 Å². The molecule has 0 fully saturated rings. The van der Waals surface area contributed by atoms with Crippen LogP contribution in [0.3, 0.4) is 0 Å². The molecule has 0 unspecified atom stereocenters. The number of thiocarbonyl (C=S) groups is 1. The molecule has 0 aliphatic heterocycles. The minimum absolute atomic E-state index is 0.0229. The molecule has 1 aromatic carbocycles. The molecule has 0 atom stereocenters. The Morgan fingerprint density at radius 2 is 1.86 bits per heavy atom. The number of alkyl halides is 3. The zero-order valence-corrected chi connectivity index (χ0v) is 11.5. The summed E-state index contributed by atoms with van der Waals surface area (Å²) in [5, 5.41) is 2.78. The normalized spacial score (nSPS) is 11.2. The largest absolute Gasteiger partial charge is 0.416 e. The molecular weight excluding hydrogens is 301 g/mol. The van der Waals surface area contributed by atoms with Crippen LogP contribution in [0.25, 0.3) is 0 Å². The molecule has 110 valence electrons. The van der Waals surface area contributed by atoms with Crippen molar-refractivity contribution >= 4 is 23.0 Å². The molecule has 4 nitrogen and oxygen atoms in total. The molecule has 21 heavy (non-hydrogen) atoms. The minimum Gasteiger partial charge on any atom is -0.388 e. The standard InChI is InChI=1S/C13H11F3N4S/c14-13(15,16)9-4-2-1-3-8(9)7-20-12-10(11(17)21)18-5-6-19-12/h1-6H,7H2,(H2,17,21)(H,19,20). The Morgan fingerprint density at radius 1 is 1.19 bits per heavy atom. The number of rotatable bonds is 4. The van der Waals surface area contributed by atoms with Gasteiger partial charge in [0.25, 0.3) is 0 Å². The van der Waals surface area contributed by atoms with Gasteiger partial charge in [-0.3, -0.25) is 0 Å². The highest BCUT2D eigenvalue weighted by Crippen LogP contribution is 2.32. The van der Waals surface area contributed by atoms with E-state index < -0.39 is 11.7 Å². The van der Waals surface area contributed by atoms with E-state index in [-0.39, 0.29) is 28.6 Å². The molecule has 3 N–H and O–H groups in total. The lowest BCUT2D eigenvalue weighted by atomic mass is 10.1. The van der Waals surface area contributed by atoms with Crippen molar-refractivity contribution in [2.45, 2.75) is 12.7 Å². The average Bonchev–Trinajstić information content (AvgIpc) is 2.44. The van der Waals surface area contributed by atoms with Gasteiger partial charge >= 0.3 is 6.18 Å². The molecule has 0 radical (unpaired) electrons. The Bertz CT molecular complexity index is 658. The number of anilines is 1. The predicted octanol–water partition coefficient (Wildman–Crippen LogP) is 2.74. The molecule has 2 rings (SSSR count). The first kappa shape index (κ1) is 15.2. The second-order valence-electron chi connectivity index (χ2n) is 4.13. The van der Waals surface area contributed by atoms with Crippen molar-refractivity contribution in [1.29, 1.82) is 0 Å². The summed E-state index contributed by atoms with van der Waals surface area (Å²) in [6.45, 7) is -0.0655. The fourth-order valence-corrected chi connectivity index (χ4v) is 1.93. The fourth-order valence-electron chi connectivity index (χ4n) is 1.78. The van der Waals surface area contributed by atoms with Gasteiger partial charge in [-0.05, 0) is 11.6 Å². The minimum atomic E-state index is -4.41. The van der Waals surface area contributed by atoms with E-state index in [1.807, 2.05) is 0 Å². The highest BCUT2D eigenvalue weighted by Gasteiger charge is 2.32. The topological polar surface area (TPSA) is 63.8 Å². The molecule has 0 amide bonds. The Morgan fingerprint density at radius 3 is 2.52 bits per heavy atom. The maximum Gasteiger partial charge on any atom is 0.416 e. The number of hydrogen-bond acceptors (Lipinski definition) is 4. The van der Waals surface area contributed by atoms with E-state index in [0.29, 0.717) is 0 Å². The van der Waals surface area contributed by atoms with E-state index in [9.17, 15) is 13.2 Å². The van der Waals surface area contributed by atoms with Crippen LogP contribution in [0.2, 0.25) is 0 Å². The van der Waals surface area contributed by atoms with Crippen molar-refractivity contribution in [3.8, 4) is 0 Å². The summed E-state index contributed by atoms with van der Waals surface area (Å²) in [5.41, 5.74) is 5.14. The maximum absolute atomic E-state index is 12.9. The van der Waals surface area contributed by atoms with Crippen LogP contribution in [-0.4, -0.2) is 15.0 Å². The monoisotopic (exact) mass is 312 g/mol. The molecule has 0 saturated carbocycles. The molecule has 0 saturated heterocycles. The highest BCUT2D eigenvalue weighted by atomic mass is 32.1. The lowest BCUT2D eigenvalue weighted by Gasteiger charge is -2.14. The van der Waals surface area contributed by atoms with Gasteiger partial charge in [-0.15, -0.1) is 0 Å².